The van der Waals surface area contributed by atoms with E-state index in [0.29, 0.717) is 0 Å². The topological polar surface area (TPSA) is 26.3 Å². The van der Waals surface area contributed by atoms with Crippen LogP contribution in [0.1, 0.15) is 41.8 Å². The molecule has 0 heterocycles. The number of rotatable bonds is 6. The Morgan fingerprint density at radius 1 is 1.10 bits per heavy atom. The molecule has 0 aliphatic carbocycles. The average molecular weight is 282 g/mol. The molecular weight excluding hydrogens is 260 g/mol. The molecule has 21 heavy (non-hydrogen) atoms. The average Bonchev–Trinajstić information content (AvgIpc) is 2.54. The molecule has 0 aromatic heterocycles. The number of ketones is 1. The van der Waals surface area contributed by atoms with Crippen LogP contribution >= 0.6 is 0 Å². The van der Waals surface area contributed by atoms with E-state index in [4.69, 9.17) is 4.74 Å². The van der Waals surface area contributed by atoms with Gasteiger partial charge in [0.15, 0.2) is 5.78 Å². The van der Waals surface area contributed by atoms with E-state index in [1.165, 1.54) is 5.56 Å². The van der Waals surface area contributed by atoms with Crippen molar-refractivity contribution in [1.29, 1.82) is 0 Å². The molecular formula is C19H22O2. The number of carbonyl (C=O) groups excluding carboxylic acids is 1. The van der Waals surface area contributed by atoms with Crippen LogP contribution < -0.4 is 4.74 Å². The fraction of sp³-hybridized carbons (Fsp3) is 0.316. The number of hydrogen-bond donors (Lipinski definition) is 0. The predicted molar refractivity (Wildman–Crippen MR) is 86.0 cm³/mol. The molecule has 0 N–H and O–H groups in total. The van der Waals surface area contributed by atoms with E-state index in [9.17, 15) is 4.79 Å². The fourth-order valence-electron chi connectivity index (χ4n) is 2.33. The van der Waals surface area contributed by atoms with Crippen LogP contribution in [0.15, 0.2) is 48.5 Å². The quantitative estimate of drug-likeness (QED) is 0.728. The number of benzene rings is 2. The van der Waals surface area contributed by atoms with Crippen molar-refractivity contribution in [2.45, 2.75) is 26.7 Å². The first-order valence-corrected chi connectivity index (χ1v) is 7.40. The summed E-state index contributed by atoms with van der Waals surface area (Å²) in [5, 5.41) is 0. The van der Waals surface area contributed by atoms with E-state index in [1.54, 1.807) is 7.11 Å². The Balaban J connectivity index is 2.14. The Bertz CT molecular complexity index is 599. The molecule has 2 nitrogen and oxygen atoms in total. The van der Waals surface area contributed by atoms with Gasteiger partial charge >= 0.3 is 0 Å². The van der Waals surface area contributed by atoms with E-state index in [-0.39, 0.29) is 11.7 Å². The maximum Gasteiger partial charge on any atom is 0.165 e. The lowest BCUT2D eigenvalue weighted by Crippen LogP contribution is -2.10. The molecule has 110 valence electrons. The summed E-state index contributed by atoms with van der Waals surface area (Å²) in [6.45, 7) is 4.02. The van der Waals surface area contributed by atoms with Crippen molar-refractivity contribution < 1.29 is 9.53 Å². The fourth-order valence-corrected chi connectivity index (χ4v) is 2.33. The zero-order chi connectivity index (χ0) is 15.2. The van der Waals surface area contributed by atoms with Crippen molar-refractivity contribution in [1.82, 2.24) is 0 Å². The zero-order valence-electron chi connectivity index (χ0n) is 12.9. The van der Waals surface area contributed by atoms with Crippen LogP contribution in [0.3, 0.4) is 0 Å². The second kappa shape index (κ2) is 7.07. The molecule has 0 spiro atoms. The minimum absolute atomic E-state index is 0.0880. The van der Waals surface area contributed by atoms with Gasteiger partial charge in [0.1, 0.15) is 5.75 Å². The highest BCUT2D eigenvalue weighted by Crippen LogP contribution is 2.21. The molecule has 2 aromatic carbocycles. The van der Waals surface area contributed by atoms with Gasteiger partial charge in [-0.25, -0.2) is 0 Å². The van der Waals surface area contributed by atoms with Gasteiger partial charge in [-0.2, -0.15) is 0 Å². The summed E-state index contributed by atoms with van der Waals surface area (Å²) in [5.74, 6) is 1.21. The van der Waals surface area contributed by atoms with Crippen molar-refractivity contribution in [3.63, 3.8) is 0 Å². The van der Waals surface area contributed by atoms with Crippen molar-refractivity contribution in [3.8, 4) is 5.75 Å². The molecule has 0 saturated carbocycles. The molecule has 2 rings (SSSR count). The van der Waals surface area contributed by atoms with Gasteiger partial charge < -0.3 is 4.74 Å². The van der Waals surface area contributed by atoms with E-state index in [2.05, 4.69) is 6.07 Å². The molecule has 1 atom stereocenters. The van der Waals surface area contributed by atoms with Crippen LogP contribution in [-0.2, 0) is 6.42 Å². The van der Waals surface area contributed by atoms with E-state index >= 15 is 0 Å². The van der Waals surface area contributed by atoms with Crippen LogP contribution in [0.4, 0.5) is 0 Å². The van der Waals surface area contributed by atoms with E-state index < -0.39 is 0 Å². The SMILES string of the molecule is CCC(C)C(=O)c1ccc(Cc2ccccc2OC)cc1. The van der Waals surface area contributed by atoms with Gasteiger partial charge in [-0.05, 0) is 23.6 Å². The molecule has 0 amide bonds. The zero-order valence-corrected chi connectivity index (χ0v) is 12.9. The Morgan fingerprint density at radius 2 is 1.76 bits per heavy atom. The maximum absolute atomic E-state index is 12.1. The van der Waals surface area contributed by atoms with Gasteiger partial charge in [-0.3, -0.25) is 4.79 Å². The second-order valence-corrected chi connectivity index (χ2v) is 5.36. The highest BCUT2D eigenvalue weighted by molar-refractivity contribution is 5.97. The molecule has 0 bridgehead atoms. The third kappa shape index (κ3) is 3.72. The Morgan fingerprint density at radius 3 is 2.38 bits per heavy atom. The first-order valence-electron chi connectivity index (χ1n) is 7.40. The Hall–Kier alpha value is -2.09. The normalized spacial score (nSPS) is 12.0. The lowest BCUT2D eigenvalue weighted by molar-refractivity contribution is 0.0927. The summed E-state index contributed by atoms with van der Waals surface area (Å²) in [4.78, 5) is 12.1. The summed E-state index contributed by atoms with van der Waals surface area (Å²) < 4.78 is 5.37. The number of Topliss-reactive ketones (excluding diaryl/α,β-unsaturated/α-hetero) is 1. The third-order valence-electron chi connectivity index (χ3n) is 3.89. The Labute approximate surface area is 126 Å². The lowest BCUT2D eigenvalue weighted by atomic mass is 9.95. The van der Waals surface area contributed by atoms with Gasteiger partial charge in [0.2, 0.25) is 0 Å². The first kappa shape index (κ1) is 15.3. The van der Waals surface area contributed by atoms with Crippen molar-refractivity contribution >= 4 is 5.78 Å². The van der Waals surface area contributed by atoms with E-state index in [0.717, 1.165) is 29.7 Å². The number of para-hydroxylation sites is 1. The van der Waals surface area contributed by atoms with Crippen LogP contribution in [0.2, 0.25) is 0 Å². The van der Waals surface area contributed by atoms with Crippen LogP contribution in [0.5, 0.6) is 5.75 Å². The van der Waals surface area contributed by atoms with E-state index in [1.807, 2.05) is 56.3 Å². The molecule has 0 aliphatic rings. The van der Waals surface area contributed by atoms with Gasteiger partial charge in [-0.1, -0.05) is 56.3 Å². The molecule has 2 heteroatoms. The molecule has 0 radical (unpaired) electrons. The van der Waals surface area contributed by atoms with Crippen LogP contribution in [0, 0.1) is 5.92 Å². The smallest absolute Gasteiger partial charge is 0.165 e. The Kier molecular flexibility index (Phi) is 5.15. The number of hydrogen-bond acceptors (Lipinski definition) is 2. The summed E-state index contributed by atoms with van der Waals surface area (Å²) in [6, 6.07) is 15.9. The highest BCUT2D eigenvalue weighted by Gasteiger charge is 2.13. The lowest BCUT2D eigenvalue weighted by Gasteiger charge is -2.10. The molecule has 1 unspecified atom stereocenters. The molecule has 0 fully saturated rings. The van der Waals surface area contributed by atoms with Gasteiger partial charge in [0.05, 0.1) is 7.11 Å². The number of methoxy groups -OCH3 is 1. The summed E-state index contributed by atoms with van der Waals surface area (Å²) in [6.07, 6.45) is 1.68. The minimum atomic E-state index is 0.0880. The number of carbonyl (C=O) groups is 1. The largest absolute Gasteiger partial charge is 0.496 e. The van der Waals surface area contributed by atoms with Crippen LogP contribution in [-0.4, -0.2) is 12.9 Å². The molecule has 0 saturated heterocycles. The van der Waals surface area contributed by atoms with Gasteiger partial charge in [0, 0.05) is 17.9 Å². The monoisotopic (exact) mass is 282 g/mol. The highest BCUT2D eigenvalue weighted by atomic mass is 16.5. The van der Waals surface area contributed by atoms with Gasteiger partial charge in [-0.15, -0.1) is 0 Å². The summed E-state index contributed by atoms with van der Waals surface area (Å²) in [7, 11) is 1.69. The van der Waals surface area contributed by atoms with Gasteiger partial charge in [0.25, 0.3) is 0 Å². The molecule has 2 aromatic rings. The predicted octanol–water partition coefficient (Wildman–Crippen LogP) is 4.51. The minimum Gasteiger partial charge on any atom is -0.496 e. The second-order valence-electron chi connectivity index (χ2n) is 5.36. The maximum atomic E-state index is 12.1. The van der Waals surface area contributed by atoms with Crippen molar-refractivity contribution in [2.24, 2.45) is 5.92 Å². The summed E-state index contributed by atoms with van der Waals surface area (Å²) in [5.41, 5.74) is 3.13. The molecule has 0 aliphatic heterocycles. The standard InChI is InChI=1S/C19H22O2/c1-4-14(2)19(20)16-11-9-15(10-12-16)13-17-7-5-6-8-18(17)21-3/h5-12,14H,4,13H2,1-3H3. The van der Waals surface area contributed by atoms with Crippen molar-refractivity contribution in [2.75, 3.05) is 7.11 Å². The first-order chi connectivity index (χ1) is 10.2. The van der Waals surface area contributed by atoms with Crippen molar-refractivity contribution in [3.05, 3.63) is 65.2 Å². The summed E-state index contributed by atoms with van der Waals surface area (Å²) >= 11 is 0. The third-order valence-corrected chi connectivity index (χ3v) is 3.89. The number of ether oxygens (including phenoxy) is 1. The van der Waals surface area contributed by atoms with Crippen LogP contribution in [0.25, 0.3) is 0 Å².